The summed E-state index contributed by atoms with van der Waals surface area (Å²) in [6, 6.07) is 3.95. The van der Waals surface area contributed by atoms with E-state index in [0.717, 1.165) is 22.6 Å². The molecule has 0 amide bonds. The maximum absolute atomic E-state index is 12.8. The van der Waals surface area contributed by atoms with Crippen LogP contribution in [0.4, 0.5) is 5.82 Å². The lowest BCUT2D eigenvalue weighted by atomic mass is 9.70. The monoisotopic (exact) mass is 315 g/mol. The van der Waals surface area contributed by atoms with E-state index in [1.807, 2.05) is 17.5 Å². The van der Waals surface area contributed by atoms with E-state index in [9.17, 15) is 9.59 Å². The number of anilines is 1. The Balaban J connectivity index is 1.96. The van der Waals surface area contributed by atoms with Crippen LogP contribution in [0, 0.1) is 5.41 Å². The number of nitrogens with one attached hydrogen (secondary N) is 3. The van der Waals surface area contributed by atoms with Gasteiger partial charge in [-0.3, -0.25) is 19.8 Å². The average Bonchev–Trinajstić information content (AvgIpc) is 3.05. The number of ketones is 1. The molecule has 1 aliphatic heterocycles. The molecular weight excluding hydrogens is 298 g/mol. The SMILES string of the molecule is CC1(C)CC(=O)C2=C(C1)Nc1[nH][nH]c(=O)c1[C@@H]2c1cccs1. The van der Waals surface area contributed by atoms with Gasteiger partial charge in [-0.1, -0.05) is 19.9 Å². The predicted molar refractivity (Wildman–Crippen MR) is 86.2 cm³/mol. The number of allylic oxidation sites excluding steroid dienone is 2. The van der Waals surface area contributed by atoms with E-state index in [1.165, 1.54) is 0 Å². The second-order valence-corrected chi connectivity index (χ2v) is 7.75. The first-order valence-electron chi connectivity index (χ1n) is 7.33. The Kier molecular flexibility index (Phi) is 2.75. The van der Waals surface area contributed by atoms with E-state index in [4.69, 9.17) is 0 Å². The van der Waals surface area contributed by atoms with Gasteiger partial charge in [-0.2, -0.15) is 0 Å². The summed E-state index contributed by atoms with van der Waals surface area (Å²) < 4.78 is 0. The van der Waals surface area contributed by atoms with Crippen molar-refractivity contribution in [1.82, 2.24) is 10.2 Å². The number of hydrogen-bond donors (Lipinski definition) is 3. The van der Waals surface area contributed by atoms with Crippen molar-refractivity contribution in [2.75, 3.05) is 5.32 Å². The summed E-state index contributed by atoms with van der Waals surface area (Å²) in [5, 5.41) is 10.8. The van der Waals surface area contributed by atoms with Crippen LogP contribution in [0.3, 0.4) is 0 Å². The number of carbonyl (C=O) groups is 1. The molecule has 0 radical (unpaired) electrons. The maximum Gasteiger partial charge on any atom is 0.270 e. The Morgan fingerprint density at radius 3 is 2.77 bits per heavy atom. The normalized spacial score (nSPS) is 23.0. The molecule has 0 unspecified atom stereocenters. The minimum absolute atomic E-state index is 0.0585. The van der Waals surface area contributed by atoms with Gasteiger partial charge in [0.15, 0.2) is 5.78 Å². The highest BCUT2D eigenvalue weighted by Gasteiger charge is 2.42. The van der Waals surface area contributed by atoms with E-state index in [-0.39, 0.29) is 22.7 Å². The molecule has 1 atom stereocenters. The summed E-state index contributed by atoms with van der Waals surface area (Å²) in [4.78, 5) is 26.0. The van der Waals surface area contributed by atoms with Gasteiger partial charge in [0.25, 0.3) is 5.56 Å². The first-order valence-corrected chi connectivity index (χ1v) is 8.21. The number of H-pyrrole nitrogens is 2. The molecule has 4 rings (SSSR count). The summed E-state index contributed by atoms with van der Waals surface area (Å²) in [6.45, 7) is 4.21. The van der Waals surface area contributed by atoms with Crippen molar-refractivity contribution in [3.63, 3.8) is 0 Å². The zero-order valence-corrected chi connectivity index (χ0v) is 13.3. The number of aromatic amines is 2. The van der Waals surface area contributed by atoms with E-state index >= 15 is 0 Å². The van der Waals surface area contributed by atoms with Gasteiger partial charge in [-0.05, 0) is 23.3 Å². The van der Waals surface area contributed by atoms with Gasteiger partial charge < -0.3 is 5.32 Å². The predicted octanol–water partition coefficient (Wildman–Crippen LogP) is 2.97. The number of Topliss-reactive ketones (excluding diaryl/α,β-unsaturated/α-hetero) is 1. The van der Waals surface area contributed by atoms with E-state index < -0.39 is 0 Å². The quantitative estimate of drug-likeness (QED) is 0.757. The van der Waals surface area contributed by atoms with E-state index in [1.54, 1.807) is 11.3 Å². The van der Waals surface area contributed by atoms with Crippen LogP contribution in [0.15, 0.2) is 33.6 Å². The Bertz CT molecular complexity index is 839. The second kappa shape index (κ2) is 4.46. The van der Waals surface area contributed by atoms with Crippen molar-refractivity contribution in [2.24, 2.45) is 5.41 Å². The number of hydrogen-bond acceptors (Lipinski definition) is 4. The first kappa shape index (κ1) is 13.6. The topological polar surface area (TPSA) is 77.8 Å². The van der Waals surface area contributed by atoms with Crippen molar-refractivity contribution in [3.05, 3.63) is 49.6 Å². The van der Waals surface area contributed by atoms with Gasteiger partial charge in [0.1, 0.15) is 5.82 Å². The summed E-state index contributed by atoms with van der Waals surface area (Å²) in [5.74, 6) is 0.570. The fourth-order valence-corrected chi connectivity index (χ4v) is 4.40. The van der Waals surface area contributed by atoms with Crippen molar-refractivity contribution in [3.8, 4) is 0 Å². The molecule has 0 spiro atoms. The van der Waals surface area contributed by atoms with Gasteiger partial charge in [0.2, 0.25) is 0 Å². The summed E-state index contributed by atoms with van der Waals surface area (Å²) in [6.07, 6.45) is 1.33. The number of carbonyl (C=O) groups excluding carboxylic acids is 1. The molecule has 0 fully saturated rings. The lowest BCUT2D eigenvalue weighted by Gasteiger charge is -2.37. The van der Waals surface area contributed by atoms with Crippen LogP contribution in [-0.2, 0) is 4.79 Å². The minimum atomic E-state index is -0.259. The molecule has 2 aliphatic rings. The number of aromatic nitrogens is 2. The van der Waals surface area contributed by atoms with Crippen molar-refractivity contribution < 1.29 is 4.79 Å². The van der Waals surface area contributed by atoms with Gasteiger partial charge in [0.05, 0.1) is 11.5 Å². The summed E-state index contributed by atoms with van der Waals surface area (Å²) in [5.41, 5.74) is 2.11. The van der Waals surface area contributed by atoms with E-state index in [2.05, 4.69) is 29.4 Å². The van der Waals surface area contributed by atoms with Crippen LogP contribution in [0.25, 0.3) is 0 Å². The van der Waals surface area contributed by atoms with Gasteiger partial charge in [0, 0.05) is 22.6 Å². The van der Waals surface area contributed by atoms with Crippen molar-refractivity contribution in [1.29, 1.82) is 0 Å². The van der Waals surface area contributed by atoms with Gasteiger partial charge in [-0.15, -0.1) is 11.3 Å². The molecule has 0 saturated heterocycles. The molecule has 114 valence electrons. The van der Waals surface area contributed by atoms with Gasteiger partial charge in [-0.25, -0.2) is 0 Å². The molecule has 2 aromatic rings. The van der Waals surface area contributed by atoms with Crippen LogP contribution in [0.1, 0.15) is 43.0 Å². The van der Waals surface area contributed by atoms with Gasteiger partial charge >= 0.3 is 0 Å². The molecular formula is C16H17N3O2S. The molecule has 0 bridgehead atoms. The third-order valence-corrected chi connectivity index (χ3v) is 5.35. The first-order chi connectivity index (χ1) is 10.5. The third-order valence-electron chi connectivity index (χ3n) is 4.42. The molecule has 0 aromatic carbocycles. The number of fused-ring (bicyclic) bond motifs is 1. The molecule has 0 saturated carbocycles. The fraction of sp³-hybridized carbons (Fsp3) is 0.375. The maximum atomic E-state index is 12.8. The molecule has 6 heteroatoms. The smallest absolute Gasteiger partial charge is 0.270 e. The number of thiophene rings is 1. The molecule has 2 aromatic heterocycles. The Morgan fingerprint density at radius 2 is 2.05 bits per heavy atom. The van der Waals surface area contributed by atoms with Crippen LogP contribution in [-0.4, -0.2) is 16.0 Å². The fourth-order valence-electron chi connectivity index (χ4n) is 3.56. The Labute approximate surface area is 131 Å². The Morgan fingerprint density at radius 1 is 1.23 bits per heavy atom. The molecule has 3 heterocycles. The highest BCUT2D eigenvalue weighted by atomic mass is 32.1. The third kappa shape index (κ3) is 1.90. The molecule has 3 N–H and O–H groups in total. The summed E-state index contributed by atoms with van der Waals surface area (Å²) in [7, 11) is 0. The molecule has 5 nitrogen and oxygen atoms in total. The Hall–Kier alpha value is -2.08. The standard InChI is InChI=1S/C16H17N3O2S/c1-16(2)6-8-11(9(20)7-16)12(10-4-3-5-22-10)13-14(17-8)18-19-15(13)21/h3-5,12H,6-7H2,1-2H3,(H3,17,18,19,21)/t12-/m1/s1. The minimum Gasteiger partial charge on any atom is -0.343 e. The highest BCUT2D eigenvalue weighted by molar-refractivity contribution is 7.10. The van der Waals surface area contributed by atoms with E-state index in [0.29, 0.717) is 17.8 Å². The van der Waals surface area contributed by atoms with Crippen LogP contribution in [0.5, 0.6) is 0 Å². The van der Waals surface area contributed by atoms with Crippen molar-refractivity contribution in [2.45, 2.75) is 32.6 Å². The lowest BCUT2D eigenvalue weighted by Crippen LogP contribution is -2.34. The van der Waals surface area contributed by atoms with Crippen LogP contribution in [0.2, 0.25) is 0 Å². The second-order valence-electron chi connectivity index (χ2n) is 6.77. The number of rotatable bonds is 1. The molecule has 1 aliphatic carbocycles. The lowest BCUT2D eigenvalue weighted by molar-refractivity contribution is -0.118. The summed E-state index contributed by atoms with van der Waals surface area (Å²) >= 11 is 1.58. The van der Waals surface area contributed by atoms with Crippen molar-refractivity contribution >= 4 is 22.9 Å². The average molecular weight is 315 g/mol. The zero-order valence-electron chi connectivity index (χ0n) is 12.4. The molecule has 22 heavy (non-hydrogen) atoms. The highest BCUT2D eigenvalue weighted by Crippen LogP contribution is 2.48. The van der Waals surface area contributed by atoms with Crippen LogP contribution >= 0.6 is 11.3 Å². The zero-order chi connectivity index (χ0) is 15.5. The largest absolute Gasteiger partial charge is 0.343 e. The van der Waals surface area contributed by atoms with Crippen LogP contribution < -0.4 is 10.9 Å².